The van der Waals surface area contributed by atoms with Crippen LogP contribution in [0.25, 0.3) is 83.9 Å². The van der Waals surface area contributed by atoms with E-state index in [4.69, 9.17) is 14.4 Å². The van der Waals surface area contributed by atoms with Crippen LogP contribution in [-0.4, -0.2) is 19.6 Å². The molecule has 5 heteroatoms. The molecule has 0 aliphatic heterocycles. The summed E-state index contributed by atoms with van der Waals surface area (Å²) in [6.07, 6.45) is 1.97. The number of pyridine rings is 1. The lowest BCUT2D eigenvalue weighted by molar-refractivity contribution is 0.446. The molecule has 0 saturated heterocycles. The number of aromatic hydroxyl groups is 1. The van der Waals surface area contributed by atoms with E-state index in [0.29, 0.717) is 29.1 Å². The number of hydrogen-bond acceptors (Lipinski definition) is 4. The molecule has 0 saturated carbocycles. The lowest BCUT2D eigenvalue weighted by Gasteiger charge is -2.27. The minimum absolute atomic E-state index is 0.176. The Kier molecular flexibility index (Phi) is 12.4. The molecular formula is C65H71N3O2. The molecule has 0 amide bonds. The molecule has 9 rings (SSSR count). The van der Waals surface area contributed by atoms with Gasteiger partial charge >= 0.3 is 0 Å². The van der Waals surface area contributed by atoms with Crippen molar-refractivity contribution in [2.24, 2.45) is 0 Å². The van der Waals surface area contributed by atoms with E-state index in [9.17, 15) is 5.11 Å². The van der Waals surface area contributed by atoms with Crippen LogP contribution in [-0.2, 0) is 16.2 Å². The number of para-hydroxylation sites is 2. The maximum absolute atomic E-state index is 12.5. The Hall–Kier alpha value is -6.72. The Bertz CT molecular complexity index is 3380. The van der Waals surface area contributed by atoms with Crippen molar-refractivity contribution in [2.45, 2.75) is 138 Å². The largest absolute Gasteiger partial charge is 0.507 e. The predicted molar refractivity (Wildman–Crippen MR) is 296 cm³/mol. The molecule has 5 nitrogen and oxygen atoms in total. The van der Waals surface area contributed by atoms with Crippen LogP contribution in [0, 0.1) is 0 Å². The first-order valence-electron chi connectivity index (χ1n) is 25.3. The third-order valence-electron chi connectivity index (χ3n) is 14.1. The standard InChI is InChI=1S/C65H71N3O2/c1-38(2)42-31-50(39(3)4)59(51(32-42)40(5)6)58-33-45-37-66-54(36-57(45)70-58)44-28-43(29-46(30-44)63(7,8)9)49-25-21-27-56-60(49)67-62(52-34-47(64(10,11)12)35-53(61(52)69)65(13,14)15)68(56)55-26-20-19-24-48(55)41-22-17-16-18-23-41/h16-40,69H,1-15H3. The third kappa shape index (κ3) is 9.00. The van der Waals surface area contributed by atoms with Gasteiger partial charge in [0.25, 0.3) is 0 Å². The fourth-order valence-electron chi connectivity index (χ4n) is 9.92. The van der Waals surface area contributed by atoms with Crippen molar-refractivity contribution in [3.63, 3.8) is 0 Å². The number of imidazole rings is 1. The summed E-state index contributed by atoms with van der Waals surface area (Å²) >= 11 is 0. The minimum atomic E-state index is -0.324. The first-order chi connectivity index (χ1) is 33.0. The Morgan fingerprint density at radius 2 is 1.16 bits per heavy atom. The van der Waals surface area contributed by atoms with Gasteiger partial charge in [-0.05, 0) is 109 Å². The van der Waals surface area contributed by atoms with E-state index in [1.165, 1.54) is 27.8 Å². The number of furan rings is 1. The minimum Gasteiger partial charge on any atom is -0.507 e. The monoisotopic (exact) mass is 926 g/mol. The highest BCUT2D eigenvalue weighted by molar-refractivity contribution is 5.98. The van der Waals surface area contributed by atoms with Gasteiger partial charge in [0, 0.05) is 45.5 Å². The summed E-state index contributed by atoms with van der Waals surface area (Å²) in [4.78, 5) is 10.8. The van der Waals surface area contributed by atoms with Crippen LogP contribution in [0.3, 0.4) is 0 Å². The molecule has 0 unspecified atom stereocenters. The zero-order valence-corrected chi connectivity index (χ0v) is 44.1. The molecule has 3 aromatic heterocycles. The number of phenolic OH excluding ortho intramolecular Hbond substituents is 1. The van der Waals surface area contributed by atoms with Gasteiger partial charge in [0.2, 0.25) is 0 Å². The molecule has 1 N–H and O–H groups in total. The first-order valence-corrected chi connectivity index (χ1v) is 25.3. The number of hydrogen-bond donors (Lipinski definition) is 1. The summed E-state index contributed by atoms with van der Waals surface area (Å²) in [5, 5.41) is 13.5. The number of aromatic nitrogens is 3. The summed E-state index contributed by atoms with van der Waals surface area (Å²) in [7, 11) is 0. The van der Waals surface area contributed by atoms with Crippen molar-refractivity contribution >= 4 is 22.0 Å². The highest BCUT2D eigenvalue weighted by Crippen LogP contribution is 2.47. The van der Waals surface area contributed by atoms with Crippen molar-refractivity contribution in [1.82, 2.24) is 14.5 Å². The van der Waals surface area contributed by atoms with Crippen molar-refractivity contribution in [2.75, 3.05) is 0 Å². The van der Waals surface area contributed by atoms with E-state index < -0.39 is 0 Å². The topological polar surface area (TPSA) is 64.1 Å². The molecule has 358 valence electrons. The second kappa shape index (κ2) is 17.9. The SMILES string of the molecule is CC(C)c1cc(C(C)C)c(-c2cc3cnc(-c4cc(-c5cccc6c5nc(-c5cc(C(C)(C)C)cc(C(C)(C)C)c5O)n6-c5ccccc5-c5ccccc5)cc(C(C)(C)C)c4)cc3o2)c(C(C)C)c1. The fourth-order valence-corrected chi connectivity index (χ4v) is 9.92. The van der Waals surface area contributed by atoms with Crippen LogP contribution < -0.4 is 0 Å². The second-order valence-corrected chi connectivity index (χ2v) is 23.6. The molecule has 0 atom stereocenters. The summed E-state index contributed by atoms with van der Waals surface area (Å²) in [5.41, 5.74) is 18.1. The average Bonchev–Trinajstić information content (AvgIpc) is 3.92. The van der Waals surface area contributed by atoms with E-state index in [1.807, 2.05) is 6.20 Å². The van der Waals surface area contributed by atoms with Gasteiger partial charge in [-0.25, -0.2) is 4.98 Å². The molecule has 0 fully saturated rings. The van der Waals surface area contributed by atoms with Crippen molar-refractivity contribution in [3.8, 4) is 67.7 Å². The summed E-state index contributed by atoms with van der Waals surface area (Å²) in [5.74, 6) is 2.93. The highest BCUT2D eigenvalue weighted by atomic mass is 16.3. The number of benzene rings is 6. The molecule has 0 radical (unpaired) electrons. The molecule has 0 bridgehead atoms. The van der Waals surface area contributed by atoms with Crippen LogP contribution >= 0.6 is 0 Å². The summed E-state index contributed by atoms with van der Waals surface area (Å²) in [6.45, 7) is 33.6. The van der Waals surface area contributed by atoms with E-state index in [0.717, 1.165) is 78.1 Å². The molecule has 70 heavy (non-hydrogen) atoms. The van der Waals surface area contributed by atoms with Crippen LogP contribution in [0.2, 0.25) is 0 Å². The average molecular weight is 926 g/mol. The maximum Gasteiger partial charge on any atom is 0.149 e. The van der Waals surface area contributed by atoms with E-state index in [1.54, 1.807) is 0 Å². The first kappa shape index (κ1) is 48.3. The van der Waals surface area contributed by atoms with Crippen LogP contribution in [0.5, 0.6) is 5.75 Å². The summed E-state index contributed by atoms with van der Waals surface area (Å²) in [6, 6.07) is 45.8. The molecule has 0 aliphatic carbocycles. The van der Waals surface area contributed by atoms with Gasteiger partial charge in [-0.2, -0.15) is 0 Å². The van der Waals surface area contributed by atoms with E-state index in [2.05, 4.69) is 236 Å². The molecule has 9 aromatic rings. The molecular weight excluding hydrogens is 855 g/mol. The summed E-state index contributed by atoms with van der Waals surface area (Å²) < 4.78 is 9.17. The maximum atomic E-state index is 12.5. The molecule has 6 aromatic carbocycles. The quantitative estimate of drug-likeness (QED) is 0.157. The van der Waals surface area contributed by atoms with E-state index >= 15 is 0 Å². The van der Waals surface area contributed by atoms with Crippen LogP contribution in [0.15, 0.2) is 138 Å². The Morgan fingerprint density at radius 3 is 1.79 bits per heavy atom. The number of nitrogens with zero attached hydrogens (tertiary/aromatic N) is 3. The van der Waals surface area contributed by atoms with Crippen LogP contribution in [0.1, 0.15) is 155 Å². The fraction of sp³-hybridized carbons (Fsp3) is 0.323. The van der Waals surface area contributed by atoms with Gasteiger partial charge in [0.15, 0.2) is 0 Å². The second-order valence-electron chi connectivity index (χ2n) is 23.6. The van der Waals surface area contributed by atoms with Crippen molar-refractivity contribution < 1.29 is 9.52 Å². The highest BCUT2D eigenvalue weighted by Gasteiger charge is 2.30. The van der Waals surface area contributed by atoms with Gasteiger partial charge in [0.05, 0.1) is 28.0 Å². The molecule has 3 heterocycles. The van der Waals surface area contributed by atoms with Crippen molar-refractivity contribution in [1.29, 1.82) is 0 Å². The molecule has 0 spiro atoms. The normalized spacial score (nSPS) is 12.7. The van der Waals surface area contributed by atoms with Crippen molar-refractivity contribution in [3.05, 3.63) is 167 Å². The van der Waals surface area contributed by atoms with Gasteiger partial charge in [-0.1, -0.05) is 189 Å². The van der Waals surface area contributed by atoms with Gasteiger partial charge in [0.1, 0.15) is 22.9 Å². The number of fused-ring (bicyclic) bond motifs is 2. The Balaban J connectivity index is 1.28. The van der Waals surface area contributed by atoms with Gasteiger partial charge in [-0.15, -0.1) is 0 Å². The smallest absolute Gasteiger partial charge is 0.149 e. The zero-order valence-electron chi connectivity index (χ0n) is 44.1. The van der Waals surface area contributed by atoms with Gasteiger partial charge < -0.3 is 9.52 Å². The van der Waals surface area contributed by atoms with Gasteiger partial charge in [-0.3, -0.25) is 9.55 Å². The third-order valence-corrected chi connectivity index (χ3v) is 14.1. The lowest BCUT2D eigenvalue weighted by atomic mass is 9.79. The Labute approximate surface area is 416 Å². The molecule has 0 aliphatic rings. The number of phenols is 1. The Morgan fingerprint density at radius 1 is 0.543 bits per heavy atom. The van der Waals surface area contributed by atoms with Crippen LogP contribution in [0.4, 0.5) is 0 Å². The number of rotatable bonds is 9. The predicted octanol–water partition coefficient (Wildman–Crippen LogP) is 18.5. The van der Waals surface area contributed by atoms with E-state index in [-0.39, 0.29) is 22.0 Å². The lowest BCUT2D eigenvalue weighted by Crippen LogP contribution is -2.17. The zero-order chi connectivity index (χ0) is 50.2.